The molecule has 1 aliphatic carbocycles. The summed E-state index contributed by atoms with van der Waals surface area (Å²) in [6.07, 6.45) is 10.8. The van der Waals surface area contributed by atoms with Crippen LogP contribution in [0.4, 0.5) is 0 Å². The van der Waals surface area contributed by atoms with Crippen LogP contribution in [0, 0.1) is 0 Å². The first kappa shape index (κ1) is 24.8. The predicted molar refractivity (Wildman–Crippen MR) is 152 cm³/mol. The highest BCUT2D eigenvalue weighted by Crippen LogP contribution is 2.36. The normalized spacial score (nSPS) is 20.7. The molecular formula is C32H37N5O2. The van der Waals surface area contributed by atoms with Gasteiger partial charge in [-0.3, -0.25) is 0 Å². The number of nitrogens with zero attached hydrogens (tertiary/aromatic N) is 2. The lowest BCUT2D eigenvalue weighted by Gasteiger charge is -2.23. The van der Waals surface area contributed by atoms with Crippen LogP contribution in [0.3, 0.4) is 0 Å². The molecule has 1 atom stereocenters. The smallest absolute Gasteiger partial charge is 0.163 e. The SMILES string of the molecule is c1cc(-c2cnc([C@@H]3CCCN3)[nH]2)ccc1-c1ccc(-c2nc(C3CCCC3)[nH]c2CC2OCCCO2)cc1. The van der Waals surface area contributed by atoms with Gasteiger partial charge in [-0.2, -0.15) is 0 Å². The standard InChI is InChI=1S/C32H37N5O2/c1-2-6-25(5-1)31-35-27(19-29-38-17-4-18-39-29)30(37-31)24-14-10-22(11-15-24)21-8-12-23(13-9-21)28-20-34-32(36-28)26-7-3-16-33-26/h8-15,20,25-26,29,33H,1-7,16-19H2,(H,34,36)(H,35,37)/t26-/m0/s1. The molecule has 2 aromatic carbocycles. The number of hydrogen-bond donors (Lipinski definition) is 3. The van der Waals surface area contributed by atoms with Gasteiger partial charge in [-0.15, -0.1) is 0 Å². The van der Waals surface area contributed by atoms with E-state index in [0.717, 1.165) is 72.5 Å². The molecule has 3 N–H and O–H groups in total. The zero-order chi connectivity index (χ0) is 26.0. The van der Waals surface area contributed by atoms with Crippen LogP contribution in [-0.2, 0) is 15.9 Å². The average molecular weight is 524 g/mol. The van der Waals surface area contributed by atoms with Crippen LogP contribution in [-0.4, -0.2) is 46.0 Å². The summed E-state index contributed by atoms with van der Waals surface area (Å²) >= 11 is 0. The minimum absolute atomic E-state index is 0.201. The Morgan fingerprint density at radius 1 is 0.718 bits per heavy atom. The number of imidazole rings is 2. The molecule has 7 rings (SSSR count). The maximum Gasteiger partial charge on any atom is 0.163 e. The average Bonchev–Trinajstić information content (AvgIpc) is 3.81. The van der Waals surface area contributed by atoms with Crippen molar-refractivity contribution in [1.82, 2.24) is 25.3 Å². The largest absolute Gasteiger partial charge is 0.352 e. The molecule has 2 saturated heterocycles. The molecule has 1 saturated carbocycles. The van der Waals surface area contributed by atoms with Gasteiger partial charge in [0.1, 0.15) is 11.6 Å². The van der Waals surface area contributed by atoms with E-state index in [1.54, 1.807) is 0 Å². The maximum atomic E-state index is 5.87. The number of H-pyrrole nitrogens is 2. The molecule has 0 bridgehead atoms. The molecule has 0 radical (unpaired) electrons. The van der Waals surface area contributed by atoms with Crippen LogP contribution in [0.5, 0.6) is 0 Å². The van der Waals surface area contributed by atoms with Gasteiger partial charge in [0, 0.05) is 23.6 Å². The van der Waals surface area contributed by atoms with Gasteiger partial charge in [0.25, 0.3) is 0 Å². The summed E-state index contributed by atoms with van der Waals surface area (Å²) in [4.78, 5) is 16.9. The van der Waals surface area contributed by atoms with E-state index in [1.807, 2.05) is 6.20 Å². The van der Waals surface area contributed by atoms with Gasteiger partial charge in [-0.05, 0) is 55.3 Å². The first-order valence-electron chi connectivity index (χ1n) is 14.6. The molecule has 7 nitrogen and oxygen atoms in total. The van der Waals surface area contributed by atoms with Crippen molar-refractivity contribution in [1.29, 1.82) is 0 Å². The fourth-order valence-electron chi connectivity index (χ4n) is 6.27. The molecule has 39 heavy (non-hydrogen) atoms. The van der Waals surface area contributed by atoms with E-state index in [4.69, 9.17) is 14.5 Å². The summed E-state index contributed by atoms with van der Waals surface area (Å²) < 4.78 is 11.7. The Morgan fingerprint density at radius 2 is 1.41 bits per heavy atom. The van der Waals surface area contributed by atoms with Crippen molar-refractivity contribution < 1.29 is 9.47 Å². The van der Waals surface area contributed by atoms with Crippen molar-refractivity contribution in [3.05, 3.63) is 72.1 Å². The van der Waals surface area contributed by atoms with Crippen molar-refractivity contribution in [2.24, 2.45) is 0 Å². The quantitative estimate of drug-likeness (QED) is 0.257. The number of hydrogen-bond acceptors (Lipinski definition) is 5. The second kappa shape index (κ2) is 11.1. The van der Waals surface area contributed by atoms with E-state index < -0.39 is 0 Å². The third kappa shape index (κ3) is 5.31. The Hall–Kier alpha value is -3.26. The lowest BCUT2D eigenvalue weighted by Crippen LogP contribution is -2.27. The Balaban J connectivity index is 1.10. The van der Waals surface area contributed by atoms with Gasteiger partial charge in [0.2, 0.25) is 0 Å². The number of aromatic nitrogens is 4. The Morgan fingerprint density at radius 3 is 2.10 bits per heavy atom. The predicted octanol–water partition coefficient (Wildman–Crippen LogP) is 6.52. The molecule has 0 amide bonds. The monoisotopic (exact) mass is 523 g/mol. The summed E-state index contributed by atoms with van der Waals surface area (Å²) in [6.45, 7) is 2.59. The highest BCUT2D eigenvalue weighted by atomic mass is 16.7. The Kier molecular flexibility index (Phi) is 7.03. The molecule has 4 heterocycles. The third-order valence-corrected chi connectivity index (χ3v) is 8.48. The van der Waals surface area contributed by atoms with Crippen LogP contribution < -0.4 is 5.32 Å². The first-order valence-corrected chi connectivity index (χ1v) is 14.6. The number of aromatic amines is 2. The van der Waals surface area contributed by atoms with Crippen molar-refractivity contribution in [3.8, 4) is 33.6 Å². The minimum atomic E-state index is -0.201. The summed E-state index contributed by atoms with van der Waals surface area (Å²) in [5, 5.41) is 3.51. The molecule has 2 aromatic heterocycles. The zero-order valence-electron chi connectivity index (χ0n) is 22.4. The van der Waals surface area contributed by atoms with Gasteiger partial charge in [0.05, 0.1) is 36.8 Å². The fraction of sp³-hybridized carbons (Fsp3) is 0.438. The fourth-order valence-corrected chi connectivity index (χ4v) is 6.27. The molecule has 0 spiro atoms. The number of rotatable bonds is 7. The minimum Gasteiger partial charge on any atom is -0.352 e. The Bertz CT molecular complexity index is 1370. The van der Waals surface area contributed by atoms with Crippen LogP contribution >= 0.6 is 0 Å². The first-order chi connectivity index (χ1) is 19.3. The summed E-state index contributed by atoms with van der Waals surface area (Å²) in [5.41, 5.74) is 7.89. The van der Waals surface area contributed by atoms with Crippen LogP contribution in [0.15, 0.2) is 54.7 Å². The van der Waals surface area contributed by atoms with Crippen LogP contribution in [0.25, 0.3) is 33.6 Å². The molecule has 7 heteroatoms. The van der Waals surface area contributed by atoms with Crippen LogP contribution in [0.1, 0.15) is 74.2 Å². The lowest BCUT2D eigenvalue weighted by atomic mass is 10.00. The second-order valence-electron chi connectivity index (χ2n) is 11.1. The Labute approximate surface area is 229 Å². The highest BCUT2D eigenvalue weighted by Gasteiger charge is 2.25. The summed E-state index contributed by atoms with van der Waals surface area (Å²) in [5.74, 6) is 2.69. The maximum absolute atomic E-state index is 5.87. The van der Waals surface area contributed by atoms with Gasteiger partial charge in [-0.1, -0.05) is 61.4 Å². The number of nitrogens with one attached hydrogen (secondary N) is 3. The van der Waals surface area contributed by atoms with E-state index in [0.29, 0.717) is 18.4 Å². The van der Waals surface area contributed by atoms with E-state index in [2.05, 4.69) is 68.8 Å². The third-order valence-electron chi connectivity index (χ3n) is 8.48. The van der Waals surface area contributed by atoms with Gasteiger partial charge >= 0.3 is 0 Å². The summed E-state index contributed by atoms with van der Waals surface area (Å²) in [7, 11) is 0. The van der Waals surface area contributed by atoms with Crippen molar-refractivity contribution in [2.75, 3.05) is 19.8 Å². The lowest BCUT2D eigenvalue weighted by molar-refractivity contribution is -0.177. The molecular weight excluding hydrogens is 486 g/mol. The molecule has 3 aliphatic rings. The summed E-state index contributed by atoms with van der Waals surface area (Å²) in [6, 6.07) is 17.9. The van der Waals surface area contributed by atoms with Crippen molar-refractivity contribution >= 4 is 0 Å². The van der Waals surface area contributed by atoms with Crippen molar-refractivity contribution in [3.63, 3.8) is 0 Å². The zero-order valence-corrected chi connectivity index (χ0v) is 22.4. The highest BCUT2D eigenvalue weighted by molar-refractivity contribution is 5.72. The van der Waals surface area contributed by atoms with E-state index in [9.17, 15) is 0 Å². The number of ether oxygens (including phenoxy) is 2. The molecule has 2 aliphatic heterocycles. The topological polar surface area (TPSA) is 87.9 Å². The van der Waals surface area contributed by atoms with E-state index >= 15 is 0 Å². The second-order valence-corrected chi connectivity index (χ2v) is 11.1. The van der Waals surface area contributed by atoms with Gasteiger partial charge in [0.15, 0.2) is 6.29 Å². The van der Waals surface area contributed by atoms with Crippen molar-refractivity contribution in [2.45, 2.75) is 69.6 Å². The molecule has 202 valence electrons. The van der Waals surface area contributed by atoms with Gasteiger partial charge < -0.3 is 24.8 Å². The van der Waals surface area contributed by atoms with Gasteiger partial charge in [-0.25, -0.2) is 9.97 Å². The molecule has 0 unspecified atom stereocenters. The number of benzene rings is 2. The van der Waals surface area contributed by atoms with Crippen LogP contribution in [0.2, 0.25) is 0 Å². The molecule has 4 aromatic rings. The molecule has 3 fully saturated rings. The van der Waals surface area contributed by atoms with E-state index in [-0.39, 0.29) is 6.29 Å². The van der Waals surface area contributed by atoms with E-state index in [1.165, 1.54) is 43.2 Å².